The molecule has 2 rings (SSSR count). The normalized spacial score (nSPS) is 20.2. The Morgan fingerprint density at radius 2 is 2.00 bits per heavy atom. The molecule has 1 saturated heterocycles. The van der Waals surface area contributed by atoms with Gasteiger partial charge in [0.1, 0.15) is 0 Å². The number of ether oxygens (including phenoxy) is 1. The molecular weight excluding hydrogens is 332 g/mol. The van der Waals surface area contributed by atoms with Crippen molar-refractivity contribution >= 4 is 18.1 Å². The molecule has 0 N–H and O–H groups in total. The molecule has 1 aromatic carbocycles. The van der Waals surface area contributed by atoms with Crippen LogP contribution in [0.2, 0.25) is 0 Å². The first kappa shape index (κ1) is 20.0. The summed E-state index contributed by atoms with van der Waals surface area (Å²) >= 11 is 0. The minimum atomic E-state index is -0.368. The monoisotopic (exact) mass is 360 g/mol. The first-order valence-corrected chi connectivity index (χ1v) is 9.05. The predicted octanol–water partition coefficient (Wildman–Crippen LogP) is 3.49. The zero-order valence-corrected chi connectivity index (χ0v) is 15.8. The molecule has 6 nitrogen and oxygen atoms in total. The number of rotatable bonds is 6. The molecule has 0 radical (unpaired) electrons. The lowest BCUT2D eigenvalue weighted by Gasteiger charge is -2.40. The number of benzene rings is 1. The van der Waals surface area contributed by atoms with Crippen molar-refractivity contribution in [2.75, 3.05) is 20.8 Å². The molecule has 6 heteroatoms. The number of hydrogen-bond donors (Lipinski definition) is 0. The molecule has 1 fully saturated rings. The molecule has 0 aliphatic carbocycles. The van der Waals surface area contributed by atoms with Gasteiger partial charge in [-0.15, -0.1) is 0 Å². The number of likely N-dealkylation sites (tertiary alicyclic amines) is 1. The van der Waals surface area contributed by atoms with E-state index in [1.165, 1.54) is 12.2 Å². The van der Waals surface area contributed by atoms with E-state index < -0.39 is 0 Å². The van der Waals surface area contributed by atoms with Crippen molar-refractivity contribution in [1.82, 2.24) is 9.96 Å². The van der Waals surface area contributed by atoms with Crippen molar-refractivity contribution in [2.24, 2.45) is 0 Å². The van der Waals surface area contributed by atoms with Crippen LogP contribution in [0.5, 0.6) is 0 Å². The molecule has 2 atom stereocenters. The quantitative estimate of drug-likeness (QED) is 0.729. The van der Waals surface area contributed by atoms with Crippen LogP contribution in [0, 0.1) is 0 Å². The molecule has 142 valence electrons. The summed E-state index contributed by atoms with van der Waals surface area (Å²) in [6.07, 6.45) is 6.48. The number of hydroxylamine groups is 2. The van der Waals surface area contributed by atoms with Gasteiger partial charge < -0.3 is 4.74 Å². The van der Waals surface area contributed by atoms with Gasteiger partial charge in [-0.25, -0.2) is 9.86 Å². The van der Waals surface area contributed by atoms with Gasteiger partial charge in [-0.2, -0.15) is 0 Å². The lowest BCUT2D eigenvalue weighted by Crippen LogP contribution is -2.51. The van der Waals surface area contributed by atoms with Crippen LogP contribution >= 0.6 is 0 Å². The van der Waals surface area contributed by atoms with Crippen LogP contribution in [0.4, 0.5) is 4.79 Å². The summed E-state index contributed by atoms with van der Waals surface area (Å²) in [6, 6.07) is 9.67. The summed E-state index contributed by atoms with van der Waals surface area (Å²) in [4.78, 5) is 31.5. The van der Waals surface area contributed by atoms with Crippen molar-refractivity contribution in [3.05, 3.63) is 42.0 Å². The summed E-state index contributed by atoms with van der Waals surface area (Å²) in [5.74, 6) is -0.153. The zero-order chi connectivity index (χ0) is 18.9. The van der Waals surface area contributed by atoms with E-state index in [1.807, 2.05) is 42.5 Å². The number of amides is 2. The predicted molar refractivity (Wildman–Crippen MR) is 100 cm³/mol. The average molecular weight is 360 g/mol. The Kier molecular flexibility index (Phi) is 7.66. The molecule has 0 spiro atoms. The molecule has 1 aliphatic rings. The summed E-state index contributed by atoms with van der Waals surface area (Å²) in [5.41, 5.74) is 1.08. The van der Waals surface area contributed by atoms with Crippen molar-refractivity contribution in [1.29, 1.82) is 0 Å². The number of carbonyl (C=O) groups is 2. The topological polar surface area (TPSA) is 59.1 Å². The van der Waals surface area contributed by atoms with Gasteiger partial charge in [0.15, 0.2) is 0 Å². The minimum absolute atomic E-state index is 0.0892. The fraction of sp³-hybridized carbons (Fsp3) is 0.500. The van der Waals surface area contributed by atoms with E-state index in [0.29, 0.717) is 6.61 Å². The molecular formula is C20H28N2O4. The Balaban J connectivity index is 2.18. The van der Waals surface area contributed by atoms with Gasteiger partial charge in [0.2, 0.25) is 5.91 Å². The molecule has 1 heterocycles. The van der Waals surface area contributed by atoms with Gasteiger partial charge in [0, 0.05) is 19.5 Å². The first-order valence-electron chi connectivity index (χ1n) is 9.05. The molecule has 26 heavy (non-hydrogen) atoms. The Morgan fingerprint density at radius 1 is 1.27 bits per heavy atom. The summed E-state index contributed by atoms with van der Waals surface area (Å²) in [5, 5.41) is 1.20. The second kappa shape index (κ2) is 9.97. The number of nitrogens with zero attached hydrogens (tertiary/aromatic N) is 2. The molecule has 1 aliphatic heterocycles. The number of carbonyl (C=O) groups excluding carboxylic acids is 2. The van der Waals surface area contributed by atoms with Crippen LogP contribution in [-0.4, -0.2) is 54.8 Å². The third-order valence-electron chi connectivity index (χ3n) is 4.61. The van der Waals surface area contributed by atoms with E-state index in [-0.39, 0.29) is 30.5 Å². The Labute approximate surface area is 155 Å². The van der Waals surface area contributed by atoms with Crippen molar-refractivity contribution in [3.63, 3.8) is 0 Å². The van der Waals surface area contributed by atoms with Crippen molar-refractivity contribution in [2.45, 2.75) is 44.7 Å². The van der Waals surface area contributed by atoms with Crippen molar-refractivity contribution < 1.29 is 19.2 Å². The molecule has 0 saturated carbocycles. The first-order chi connectivity index (χ1) is 12.6. The Morgan fingerprint density at radius 3 is 2.65 bits per heavy atom. The highest BCUT2D eigenvalue weighted by molar-refractivity contribution is 5.77. The van der Waals surface area contributed by atoms with Crippen LogP contribution in [-0.2, 0) is 14.4 Å². The minimum Gasteiger partial charge on any atom is -0.450 e. The largest absolute Gasteiger partial charge is 0.450 e. The Hall–Kier alpha value is -2.34. The lowest BCUT2D eigenvalue weighted by molar-refractivity contribution is -0.170. The van der Waals surface area contributed by atoms with Gasteiger partial charge in [-0.05, 0) is 31.7 Å². The zero-order valence-electron chi connectivity index (χ0n) is 15.8. The maximum atomic E-state index is 12.6. The summed E-state index contributed by atoms with van der Waals surface area (Å²) < 4.78 is 5.26. The van der Waals surface area contributed by atoms with Crippen LogP contribution in [0.1, 0.15) is 38.2 Å². The van der Waals surface area contributed by atoms with Crippen LogP contribution < -0.4 is 0 Å². The highest BCUT2D eigenvalue weighted by Crippen LogP contribution is 2.28. The second-order valence-electron chi connectivity index (χ2n) is 6.31. The van der Waals surface area contributed by atoms with Gasteiger partial charge in [-0.3, -0.25) is 14.5 Å². The Bertz CT molecular complexity index is 617. The van der Waals surface area contributed by atoms with Crippen LogP contribution in [0.15, 0.2) is 36.4 Å². The van der Waals surface area contributed by atoms with E-state index in [1.54, 1.807) is 18.9 Å². The van der Waals surface area contributed by atoms with E-state index in [9.17, 15) is 9.59 Å². The SMILES string of the molecule is CCOC(=O)N1[C@@H](CC(=O)N(C)OC)CCC[C@H]1/C=C/c1ccccc1. The third kappa shape index (κ3) is 5.33. The summed E-state index contributed by atoms with van der Waals surface area (Å²) in [6.45, 7) is 2.10. The second-order valence-corrected chi connectivity index (χ2v) is 6.31. The number of hydrogen-bond acceptors (Lipinski definition) is 4. The maximum Gasteiger partial charge on any atom is 0.410 e. The fourth-order valence-corrected chi connectivity index (χ4v) is 3.20. The molecule has 0 aromatic heterocycles. The van der Waals surface area contributed by atoms with Gasteiger partial charge in [0.25, 0.3) is 0 Å². The fourth-order valence-electron chi connectivity index (χ4n) is 3.20. The van der Waals surface area contributed by atoms with Gasteiger partial charge >= 0.3 is 6.09 Å². The lowest BCUT2D eigenvalue weighted by atomic mass is 9.93. The van der Waals surface area contributed by atoms with Gasteiger partial charge in [0.05, 0.1) is 19.8 Å². The van der Waals surface area contributed by atoms with Crippen molar-refractivity contribution in [3.8, 4) is 0 Å². The van der Waals surface area contributed by atoms with Crippen LogP contribution in [0.3, 0.4) is 0 Å². The molecule has 0 bridgehead atoms. The molecule has 1 aromatic rings. The number of piperidine rings is 1. The van der Waals surface area contributed by atoms with E-state index in [2.05, 4.69) is 0 Å². The smallest absolute Gasteiger partial charge is 0.410 e. The maximum absolute atomic E-state index is 12.6. The summed E-state index contributed by atoms with van der Waals surface area (Å²) in [7, 11) is 3.03. The highest BCUT2D eigenvalue weighted by Gasteiger charge is 2.35. The van der Waals surface area contributed by atoms with Crippen LogP contribution in [0.25, 0.3) is 6.08 Å². The average Bonchev–Trinajstić information content (AvgIpc) is 2.66. The standard InChI is InChI=1S/C20H28N2O4/c1-4-26-20(24)22-17(14-13-16-9-6-5-7-10-16)11-8-12-18(22)15-19(23)21(2)25-3/h5-7,9-10,13-14,17-18H,4,8,11-12,15H2,1-3H3/b14-13+/t17-,18+/m0/s1. The third-order valence-corrected chi connectivity index (χ3v) is 4.61. The highest BCUT2D eigenvalue weighted by atomic mass is 16.7. The van der Waals surface area contributed by atoms with E-state index in [0.717, 1.165) is 24.8 Å². The molecule has 2 amide bonds. The van der Waals surface area contributed by atoms with E-state index in [4.69, 9.17) is 9.57 Å². The molecule has 0 unspecified atom stereocenters. The van der Waals surface area contributed by atoms with E-state index >= 15 is 0 Å². The van der Waals surface area contributed by atoms with Gasteiger partial charge in [-0.1, -0.05) is 42.5 Å².